The van der Waals surface area contributed by atoms with Crippen LogP contribution >= 0.6 is 11.6 Å². The van der Waals surface area contributed by atoms with Gasteiger partial charge in [0, 0.05) is 10.6 Å². The lowest BCUT2D eigenvalue weighted by Crippen LogP contribution is -2.02. The van der Waals surface area contributed by atoms with Crippen molar-refractivity contribution in [3.05, 3.63) is 41.5 Å². The van der Waals surface area contributed by atoms with E-state index in [9.17, 15) is 0 Å². The molecule has 0 aliphatic heterocycles. The molecule has 0 saturated carbocycles. The minimum atomic E-state index is 0.271. The monoisotopic (exact) mass is 262 g/mol. The first kappa shape index (κ1) is 11.3. The second-order valence-corrected chi connectivity index (χ2v) is 4.73. The summed E-state index contributed by atoms with van der Waals surface area (Å²) in [5, 5.41) is 4.76. The zero-order chi connectivity index (χ0) is 12.5. The first-order valence-electron chi connectivity index (χ1n) is 5.68. The predicted molar refractivity (Wildman–Crippen MR) is 67.7 cm³/mol. The van der Waals surface area contributed by atoms with Crippen molar-refractivity contribution < 1.29 is 8.94 Å². The summed E-state index contributed by atoms with van der Waals surface area (Å²) in [7, 11) is 0. The molecule has 0 amide bonds. The van der Waals surface area contributed by atoms with E-state index in [1.165, 1.54) is 0 Å². The van der Waals surface area contributed by atoms with E-state index in [4.69, 9.17) is 20.5 Å². The quantitative estimate of drug-likeness (QED) is 0.824. The van der Waals surface area contributed by atoms with E-state index in [1.54, 1.807) is 18.4 Å². The lowest BCUT2D eigenvalue weighted by Gasteiger charge is -2.15. The lowest BCUT2D eigenvalue weighted by molar-refractivity contribution is 0.401. The molecule has 0 N–H and O–H groups in total. The van der Waals surface area contributed by atoms with Crippen molar-refractivity contribution in [3.8, 4) is 11.6 Å². The molecule has 0 bridgehead atoms. The van der Waals surface area contributed by atoms with Gasteiger partial charge in [0.2, 0.25) is 5.82 Å². The molecule has 2 aromatic heterocycles. The summed E-state index contributed by atoms with van der Waals surface area (Å²) in [6.07, 6.45) is 6.17. The maximum Gasteiger partial charge on any atom is 0.254 e. The van der Waals surface area contributed by atoms with Crippen LogP contribution in [0.5, 0.6) is 0 Å². The number of allylic oxidation sites excluding steroid dienone is 4. The van der Waals surface area contributed by atoms with E-state index in [0.717, 1.165) is 17.0 Å². The van der Waals surface area contributed by atoms with E-state index < -0.39 is 0 Å². The van der Waals surface area contributed by atoms with Crippen LogP contribution in [0.2, 0.25) is 0 Å². The summed E-state index contributed by atoms with van der Waals surface area (Å²) in [6, 6.07) is 3.58. The van der Waals surface area contributed by atoms with E-state index in [0.29, 0.717) is 17.5 Å². The number of hydrogen-bond acceptors (Lipinski definition) is 4. The molecule has 0 fully saturated rings. The minimum Gasteiger partial charge on any atom is -0.461 e. The van der Waals surface area contributed by atoms with Gasteiger partial charge in [-0.2, -0.15) is 4.98 Å². The van der Waals surface area contributed by atoms with Gasteiger partial charge in [-0.25, -0.2) is 0 Å². The van der Waals surface area contributed by atoms with Crippen LogP contribution in [0, 0.1) is 5.92 Å². The Morgan fingerprint density at radius 3 is 3.00 bits per heavy atom. The van der Waals surface area contributed by atoms with Crippen molar-refractivity contribution in [1.82, 2.24) is 10.1 Å². The Bertz CT molecular complexity index is 611. The first-order valence-corrected chi connectivity index (χ1v) is 6.06. The van der Waals surface area contributed by atoms with Crippen LogP contribution in [-0.4, -0.2) is 10.1 Å². The van der Waals surface area contributed by atoms with Crippen molar-refractivity contribution >= 4 is 17.2 Å². The summed E-state index contributed by atoms with van der Waals surface area (Å²) in [4.78, 5) is 4.34. The second-order valence-electron chi connectivity index (χ2n) is 4.24. The van der Waals surface area contributed by atoms with Gasteiger partial charge in [-0.15, -0.1) is 0 Å². The summed E-state index contributed by atoms with van der Waals surface area (Å²) < 4.78 is 10.5. The van der Waals surface area contributed by atoms with E-state index in [2.05, 4.69) is 17.1 Å². The van der Waals surface area contributed by atoms with E-state index in [1.807, 2.05) is 12.2 Å². The van der Waals surface area contributed by atoms with Gasteiger partial charge in [0.25, 0.3) is 5.89 Å². The van der Waals surface area contributed by atoms with Crippen molar-refractivity contribution in [1.29, 1.82) is 0 Å². The highest BCUT2D eigenvalue weighted by Crippen LogP contribution is 2.33. The number of rotatable bonds is 2. The number of hydrogen-bond donors (Lipinski definition) is 0. The summed E-state index contributed by atoms with van der Waals surface area (Å²) in [6.45, 7) is 2.08. The predicted octanol–water partition coefficient (Wildman–Crippen LogP) is 3.88. The molecule has 2 heterocycles. The maximum absolute atomic E-state index is 5.99. The third kappa shape index (κ3) is 1.99. The van der Waals surface area contributed by atoms with Gasteiger partial charge >= 0.3 is 0 Å². The number of furan rings is 1. The van der Waals surface area contributed by atoms with E-state index >= 15 is 0 Å². The summed E-state index contributed by atoms with van der Waals surface area (Å²) in [5.74, 6) is 1.85. The third-order valence-electron chi connectivity index (χ3n) is 2.89. The second kappa shape index (κ2) is 4.46. The minimum absolute atomic E-state index is 0.271. The maximum atomic E-state index is 5.99. The molecular formula is C13H11ClN2O2. The SMILES string of the molecule is CC1CC(Cl)=CC=C1c1nc(-c2ccco2)no1. The van der Waals surface area contributed by atoms with Gasteiger partial charge in [0.15, 0.2) is 5.76 Å². The van der Waals surface area contributed by atoms with Crippen LogP contribution in [0.3, 0.4) is 0 Å². The Balaban J connectivity index is 1.94. The zero-order valence-electron chi connectivity index (χ0n) is 9.76. The highest BCUT2D eigenvalue weighted by Gasteiger charge is 2.21. The average Bonchev–Trinajstić information content (AvgIpc) is 2.99. The lowest BCUT2D eigenvalue weighted by atomic mass is 9.93. The van der Waals surface area contributed by atoms with Gasteiger partial charge in [-0.1, -0.05) is 29.8 Å². The average molecular weight is 263 g/mol. The molecule has 92 valence electrons. The van der Waals surface area contributed by atoms with Gasteiger partial charge in [-0.3, -0.25) is 0 Å². The molecular weight excluding hydrogens is 252 g/mol. The first-order chi connectivity index (χ1) is 8.74. The molecule has 4 nitrogen and oxygen atoms in total. The van der Waals surface area contributed by atoms with Crippen LogP contribution < -0.4 is 0 Å². The molecule has 1 atom stereocenters. The molecule has 2 aromatic rings. The molecule has 0 aromatic carbocycles. The number of aromatic nitrogens is 2. The van der Waals surface area contributed by atoms with Crippen molar-refractivity contribution in [3.63, 3.8) is 0 Å². The van der Waals surface area contributed by atoms with Gasteiger partial charge in [0.05, 0.1) is 6.26 Å². The summed E-state index contributed by atoms with van der Waals surface area (Å²) in [5.41, 5.74) is 1.00. The molecule has 3 rings (SSSR count). The largest absolute Gasteiger partial charge is 0.461 e. The topological polar surface area (TPSA) is 52.1 Å². The van der Waals surface area contributed by atoms with Crippen molar-refractivity contribution in [2.45, 2.75) is 13.3 Å². The molecule has 1 aliphatic rings. The Labute approximate surface area is 109 Å². The Hall–Kier alpha value is -1.81. The number of halogens is 1. The third-order valence-corrected chi connectivity index (χ3v) is 3.17. The van der Waals surface area contributed by atoms with Gasteiger partial charge in [0.1, 0.15) is 0 Å². The smallest absolute Gasteiger partial charge is 0.254 e. The van der Waals surface area contributed by atoms with Crippen molar-refractivity contribution in [2.75, 3.05) is 0 Å². The van der Waals surface area contributed by atoms with Crippen LogP contribution in [0.25, 0.3) is 17.2 Å². The fourth-order valence-electron chi connectivity index (χ4n) is 1.94. The van der Waals surface area contributed by atoms with E-state index in [-0.39, 0.29) is 5.92 Å². The van der Waals surface area contributed by atoms with Crippen LogP contribution in [0.4, 0.5) is 0 Å². The Morgan fingerprint density at radius 2 is 2.28 bits per heavy atom. The van der Waals surface area contributed by atoms with Crippen LogP contribution in [0.1, 0.15) is 19.2 Å². The summed E-state index contributed by atoms with van der Waals surface area (Å²) >= 11 is 5.99. The number of nitrogens with zero attached hydrogens (tertiary/aromatic N) is 2. The van der Waals surface area contributed by atoms with Gasteiger partial charge in [-0.05, 0) is 30.5 Å². The van der Waals surface area contributed by atoms with Crippen LogP contribution in [0.15, 0.2) is 44.5 Å². The van der Waals surface area contributed by atoms with Crippen molar-refractivity contribution in [2.24, 2.45) is 5.92 Å². The highest BCUT2D eigenvalue weighted by molar-refractivity contribution is 6.30. The Morgan fingerprint density at radius 1 is 1.39 bits per heavy atom. The molecule has 18 heavy (non-hydrogen) atoms. The fraction of sp³-hybridized carbons (Fsp3) is 0.231. The zero-order valence-corrected chi connectivity index (χ0v) is 10.5. The van der Waals surface area contributed by atoms with Gasteiger partial charge < -0.3 is 8.94 Å². The van der Waals surface area contributed by atoms with Crippen LogP contribution in [-0.2, 0) is 0 Å². The molecule has 0 radical (unpaired) electrons. The standard InChI is InChI=1S/C13H11ClN2O2/c1-8-7-9(14)4-5-10(8)13-15-12(16-18-13)11-3-2-6-17-11/h2-6,8H,7H2,1H3. The molecule has 0 spiro atoms. The normalized spacial score (nSPS) is 19.6. The highest BCUT2D eigenvalue weighted by atomic mass is 35.5. The Kier molecular flexibility index (Phi) is 2.80. The molecule has 1 aliphatic carbocycles. The molecule has 1 unspecified atom stereocenters. The molecule has 5 heteroatoms. The fourth-order valence-corrected chi connectivity index (χ4v) is 2.24. The molecule has 0 saturated heterocycles.